The topological polar surface area (TPSA) is 98.1 Å². The summed E-state index contributed by atoms with van der Waals surface area (Å²) in [6, 6.07) is 9.26. The second-order valence-corrected chi connectivity index (χ2v) is 7.48. The van der Waals surface area contributed by atoms with Gasteiger partial charge in [0.25, 0.3) is 5.71 Å². The Morgan fingerprint density at radius 3 is 2.83 bits per heavy atom. The van der Waals surface area contributed by atoms with Crippen molar-refractivity contribution in [3.8, 4) is 0 Å². The van der Waals surface area contributed by atoms with Crippen LogP contribution in [0.15, 0.2) is 41.1 Å². The second kappa shape index (κ2) is 6.55. The van der Waals surface area contributed by atoms with Crippen LogP contribution in [-0.2, 0) is 4.74 Å². The van der Waals surface area contributed by atoms with Gasteiger partial charge in [-0.1, -0.05) is 23.4 Å². The molecule has 0 radical (unpaired) electrons. The van der Waals surface area contributed by atoms with E-state index in [9.17, 15) is 9.59 Å². The fourth-order valence-corrected chi connectivity index (χ4v) is 3.63. The molecule has 29 heavy (non-hydrogen) atoms. The van der Waals surface area contributed by atoms with Gasteiger partial charge in [0.1, 0.15) is 0 Å². The predicted molar refractivity (Wildman–Crippen MR) is 106 cm³/mol. The summed E-state index contributed by atoms with van der Waals surface area (Å²) >= 11 is 0. The van der Waals surface area contributed by atoms with Gasteiger partial charge in [0.15, 0.2) is 6.10 Å². The Labute approximate surface area is 166 Å². The number of ether oxygens (including phenoxy) is 1. The summed E-state index contributed by atoms with van der Waals surface area (Å²) in [4.78, 5) is 33.4. The first kappa shape index (κ1) is 17.6. The molecule has 0 spiro atoms. The number of esters is 1. The highest BCUT2D eigenvalue weighted by atomic mass is 16.5. The zero-order valence-electron chi connectivity index (χ0n) is 16.1. The average Bonchev–Trinajstić information content (AvgIpc) is 3.39. The van der Waals surface area contributed by atoms with Crippen LogP contribution in [0.3, 0.4) is 0 Å². The van der Waals surface area contributed by atoms with Crippen molar-refractivity contribution in [3.05, 3.63) is 59.0 Å². The molecule has 7 heteroatoms. The highest BCUT2D eigenvalue weighted by Crippen LogP contribution is 2.40. The number of para-hydroxylation sites is 1. The molecule has 1 atom stereocenters. The van der Waals surface area contributed by atoms with Crippen LogP contribution in [0.5, 0.6) is 0 Å². The van der Waals surface area contributed by atoms with Crippen molar-refractivity contribution >= 4 is 33.8 Å². The number of aromatic nitrogens is 3. The Kier molecular flexibility index (Phi) is 3.97. The Balaban J connectivity index is 1.45. The zero-order chi connectivity index (χ0) is 20.1. The Hall–Kier alpha value is -3.48. The van der Waals surface area contributed by atoms with Gasteiger partial charge < -0.3 is 14.2 Å². The number of hydrogen-bond acceptors (Lipinski definition) is 6. The SMILES string of the molecule is Cc1noc2nc(C3CC3)cc(C(=O)O[C@H](C)C(=O)c3c[nH]c4ccccc34)c12. The van der Waals surface area contributed by atoms with Crippen molar-refractivity contribution in [2.75, 3.05) is 0 Å². The van der Waals surface area contributed by atoms with E-state index < -0.39 is 12.1 Å². The number of pyridine rings is 1. The van der Waals surface area contributed by atoms with Crippen molar-refractivity contribution in [2.45, 2.75) is 38.7 Å². The second-order valence-electron chi connectivity index (χ2n) is 7.48. The van der Waals surface area contributed by atoms with Gasteiger partial charge in [-0.15, -0.1) is 0 Å². The number of aromatic amines is 1. The molecule has 3 aromatic heterocycles. The number of carbonyl (C=O) groups excluding carboxylic acids is 2. The molecule has 0 saturated heterocycles. The maximum atomic E-state index is 13.0. The van der Waals surface area contributed by atoms with Crippen molar-refractivity contribution < 1.29 is 18.8 Å². The third-order valence-corrected chi connectivity index (χ3v) is 5.36. The monoisotopic (exact) mass is 389 g/mol. The number of fused-ring (bicyclic) bond motifs is 2. The van der Waals surface area contributed by atoms with Crippen LogP contribution in [0.25, 0.3) is 22.0 Å². The molecule has 0 aliphatic heterocycles. The van der Waals surface area contributed by atoms with E-state index in [1.807, 2.05) is 24.3 Å². The maximum Gasteiger partial charge on any atom is 0.339 e. The molecule has 1 saturated carbocycles. The number of carbonyl (C=O) groups is 2. The molecular formula is C22H19N3O4. The Morgan fingerprint density at radius 2 is 2.03 bits per heavy atom. The highest BCUT2D eigenvalue weighted by molar-refractivity contribution is 6.11. The minimum atomic E-state index is -0.936. The van der Waals surface area contributed by atoms with Crippen LogP contribution in [0.1, 0.15) is 57.8 Å². The van der Waals surface area contributed by atoms with Crippen LogP contribution in [0, 0.1) is 6.92 Å². The fraction of sp³-hybridized carbons (Fsp3) is 0.273. The number of H-pyrrole nitrogens is 1. The van der Waals surface area contributed by atoms with Gasteiger partial charge in [0, 0.05) is 34.3 Å². The predicted octanol–water partition coefficient (Wildman–Crippen LogP) is 4.32. The van der Waals surface area contributed by atoms with E-state index in [0.717, 1.165) is 29.4 Å². The number of benzene rings is 1. The molecule has 1 aromatic carbocycles. The molecule has 1 fully saturated rings. The van der Waals surface area contributed by atoms with Gasteiger partial charge in [0.2, 0.25) is 5.78 Å². The first-order chi connectivity index (χ1) is 14.0. The number of aryl methyl sites for hydroxylation is 1. The number of nitrogens with one attached hydrogen (secondary N) is 1. The van der Waals surface area contributed by atoms with E-state index in [1.54, 1.807) is 26.1 Å². The van der Waals surface area contributed by atoms with E-state index in [-0.39, 0.29) is 5.78 Å². The van der Waals surface area contributed by atoms with E-state index in [2.05, 4.69) is 15.1 Å². The molecule has 7 nitrogen and oxygen atoms in total. The standard InChI is InChI=1S/C22H19N3O4/c1-11-19-15(9-18(13-7-8-13)24-21(19)29-25-11)22(27)28-12(2)20(26)16-10-23-17-6-4-3-5-14(16)17/h3-6,9-10,12-13,23H,7-8H2,1-2H3/t12-/m1/s1. The van der Waals surface area contributed by atoms with E-state index in [0.29, 0.717) is 33.8 Å². The van der Waals surface area contributed by atoms with Crippen LogP contribution < -0.4 is 0 Å². The lowest BCUT2D eigenvalue weighted by Crippen LogP contribution is -2.24. The van der Waals surface area contributed by atoms with Gasteiger partial charge in [-0.3, -0.25) is 4.79 Å². The number of rotatable bonds is 5. The van der Waals surface area contributed by atoms with Gasteiger partial charge in [0.05, 0.1) is 16.6 Å². The van der Waals surface area contributed by atoms with Crippen molar-refractivity contribution in [3.63, 3.8) is 0 Å². The molecule has 0 amide bonds. The lowest BCUT2D eigenvalue weighted by Gasteiger charge is -2.13. The van der Waals surface area contributed by atoms with Crippen molar-refractivity contribution in [1.29, 1.82) is 0 Å². The number of hydrogen-bond donors (Lipinski definition) is 1. The summed E-state index contributed by atoms with van der Waals surface area (Å²) in [6.07, 6.45) is 2.79. The number of Topliss-reactive ketones (excluding diaryl/α,β-unsaturated/α-hetero) is 1. The molecule has 0 unspecified atom stereocenters. The molecule has 1 aliphatic carbocycles. The van der Waals surface area contributed by atoms with Gasteiger partial charge in [-0.05, 0) is 38.8 Å². The average molecular weight is 389 g/mol. The quantitative estimate of drug-likeness (QED) is 0.403. The van der Waals surface area contributed by atoms with Crippen molar-refractivity contribution in [1.82, 2.24) is 15.1 Å². The summed E-state index contributed by atoms with van der Waals surface area (Å²) in [5.74, 6) is -0.501. The molecule has 4 aromatic rings. The molecule has 146 valence electrons. The third-order valence-electron chi connectivity index (χ3n) is 5.36. The molecular weight excluding hydrogens is 370 g/mol. The summed E-state index contributed by atoms with van der Waals surface area (Å²) in [6.45, 7) is 3.34. The van der Waals surface area contributed by atoms with E-state index >= 15 is 0 Å². The molecule has 3 heterocycles. The smallest absolute Gasteiger partial charge is 0.339 e. The fourth-order valence-electron chi connectivity index (χ4n) is 3.63. The van der Waals surface area contributed by atoms with E-state index in [4.69, 9.17) is 9.26 Å². The van der Waals surface area contributed by atoms with Crippen LogP contribution in [0.4, 0.5) is 0 Å². The molecule has 5 rings (SSSR count). The molecule has 1 N–H and O–H groups in total. The number of nitrogens with zero attached hydrogens (tertiary/aromatic N) is 2. The van der Waals surface area contributed by atoms with Crippen LogP contribution >= 0.6 is 0 Å². The summed E-state index contributed by atoms with van der Waals surface area (Å²) in [5.41, 5.74) is 3.40. The maximum absolute atomic E-state index is 13.0. The Bertz CT molecular complexity index is 1270. The lowest BCUT2D eigenvalue weighted by molar-refractivity contribution is 0.0321. The third kappa shape index (κ3) is 2.99. The van der Waals surface area contributed by atoms with Gasteiger partial charge in [-0.25, -0.2) is 9.78 Å². The Morgan fingerprint density at radius 1 is 1.24 bits per heavy atom. The first-order valence-electron chi connectivity index (χ1n) is 9.61. The lowest BCUT2D eigenvalue weighted by atomic mass is 10.1. The highest BCUT2D eigenvalue weighted by Gasteiger charge is 2.30. The van der Waals surface area contributed by atoms with Gasteiger partial charge >= 0.3 is 5.97 Å². The first-order valence-corrected chi connectivity index (χ1v) is 9.61. The summed E-state index contributed by atoms with van der Waals surface area (Å²) in [7, 11) is 0. The van der Waals surface area contributed by atoms with Crippen molar-refractivity contribution in [2.24, 2.45) is 0 Å². The summed E-state index contributed by atoms with van der Waals surface area (Å²) < 4.78 is 10.8. The normalized spacial score (nSPS) is 15.0. The minimum absolute atomic E-state index is 0.259. The summed E-state index contributed by atoms with van der Waals surface area (Å²) in [5, 5.41) is 5.27. The van der Waals surface area contributed by atoms with Gasteiger partial charge in [-0.2, -0.15) is 0 Å². The largest absolute Gasteiger partial charge is 0.451 e. The number of ketones is 1. The molecule has 1 aliphatic rings. The molecule has 0 bridgehead atoms. The zero-order valence-corrected chi connectivity index (χ0v) is 16.1. The minimum Gasteiger partial charge on any atom is -0.451 e. The van der Waals surface area contributed by atoms with E-state index in [1.165, 1.54) is 0 Å². The van der Waals surface area contributed by atoms with Crippen LogP contribution in [-0.4, -0.2) is 33.0 Å². The van der Waals surface area contributed by atoms with Crippen LogP contribution in [0.2, 0.25) is 0 Å².